The number of benzene rings is 2. The summed E-state index contributed by atoms with van der Waals surface area (Å²) in [5, 5.41) is 0. The minimum absolute atomic E-state index is 0.615. The summed E-state index contributed by atoms with van der Waals surface area (Å²) in [6, 6.07) is 18.5. The van der Waals surface area contributed by atoms with Crippen molar-refractivity contribution in [3.05, 3.63) is 77.5 Å². The van der Waals surface area contributed by atoms with Crippen molar-refractivity contribution in [2.24, 2.45) is 0 Å². The predicted molar refractivity (Wildman–Crippen MR) is 71.4 cm³/mol. The highest BCUT2D eigenvalue weighted by Gasteiger charge is 1.90. The lowest BCUT2D eigenvalue weighted by atomic mass is 10.2. The minimum atomic E-state index is 0.615. The summed E-state index contributed by atoms with van der Waals surface area (Å²) in [4.78, 5) is 0. The lowest BCUT2D eigenvalue weighted by Crippen LogP contribution is -1.86. The van der Waals surface area contributed by atoms with E-state index >= 15 is 0 Å². The van der Waals surface area contributed by atoms with Crippen LogP contribution in [0.2, 0.25) is 0 Å². The Morgan fingerprint density at radius 1 is 0.941 bits per heavy atom. The highest BCUT2D eigenvalue weighted by molar-refractivity contribution is 5.47. The molecule has 0 N–H and O–H groups in total. The van der Waals surface area contributed by atoms with Gasteiger partial charge in [-0.05, 0) is 24.1 Å². The summed E-state index contributed by atoms with van der Waals surface area (Å²) in [5.74, 6) is 0. The van der Waals surface area contributed by atoms with Gasteiger partial charge >= 0.3 is 0 Å². The maximum atomic E-state index is 5.48. The van der Waals surface area contributed by atoms with E-state index in [1.807, 2.05) is 36.4 Å². The molecule has 0 amide bonds. The van der Waals surface area contributed by atoms with Crippen LogP contribution in [0.15, 0.2) is 60.9 Å². The predicted octanol–water partition coefficient (Wildman–Crippen LogP) is 4.18. The molecule has 0 saturated carbocycles. The van der Waals surface area contributed by atoms with Gasteiger partial charge in [-0.25, -0.2) is 0 Å². The van der Waals surface area contributed by atoms with Crippen molar-refractivity contribution in [3.63, 3.8) is 0 Å². The van der Waals surface area contributed by atoms with Gasteiger partial charge in [-0.1, -0.05) is 60.2 Å². The van der Waals surface area contributed by atoms with E-state index in [0.717, 1.165) is 5.56 Å². The molecule has 2 aromatic rings. The Kier molecular flexibility index (Phi) is 3.98. The van der Waals surface area contributed by atoms with E-state index in [-0.39, 0.29) is 0 Å². The topological polar surface area (TPSA) is 9.23 Å². The second kappa shape index (κ2) is 5.90. The first-order valence-corrected chi connectivity index (χ1v) is 5.73. The Hall–Kier alpha value is -2.02. The normalized spacial score (nSPS) is 10.6. The first-order valence-electron chi connectivity index (χ1n) is 5.73. The van der Waals surface area contributed by atoms with Crippen molar-refractivity contribution in [1.82, 2.24) is 0 Å². The van der Waals surface area contributed by atoms with Gasteiger partial charge in [-0.2, -0.15) is 0 Å². The molecule has 0 aromatic heterocycles. The van der Waals surface area contributed by atoms with E-state index in [1.54, 1.807) is 6.26 Å². The number of ether oxygens (including phenoxy) is 1. The fourth-order valence-electron chi connectivity index (χ4n) is 1.52. The zero-order valence-electron chi connectivity index (χ0n) is 9.97. The van der Waals surface area contributed by atoms with Crippen LogP contribution in [0, 0.1) is 6.92 Å². The SMILES string of the molecule is Cc1ccc(COC=Cc2ccccc2)cc1. The minimum Gasteiger partial charge on any atom is -0.496 e. The third-order valence-corrected chi connectivity index (χ3v) is 2.53. The molecule has 17 heavy (non-hydrogen) atoms. The van der Waals surface area contributed by atoms with Gasteiger partial charge in [0.15, 0.2) is 0 Å². The maximum absolute atomic E-state index is 5.48. The van der Waals surface area contributed by atoms with Gasteiger partial charge in [0.25, 0.3) is 0 Å². The van der Waals surface area contributed by atoms with Crippen molar-refractivity contribution in [3.8, 4) is 0 Å². The molecular formula is C16H16O. The summed E-state index contributed by atoms with van der Waals surface area (Å²) >= 11 is 0. The van der Waals surface area contributed by atoms with Crippen LogP contribution in [0.1, 0.15) is 16.7 Å². The third-order valence-electron chi connectivity index (χ3n) is 2.53. The van der Waals surface area contributed by atoms with Crippen LogP contribution in [0.25, 0.3) is 6.08 Å². The van der Waals surface area contributed by atoms with E-state index < -0.39 is 0 Å². The lowest BCUT2D eigenvalue weighted by molar-refractivity contribution is 0.239. The van der Waals surface area contributed by atoms with Crippen molar-refractivity contribution in [2.45, 2.75) is 13.5 Å². The second-order valence-electron chi connectivity index (χ2n) is 4.01. The van der Waals surface area contributed by atoms with Crippen LogP contribution < -0.4 is 0 Å². The molecule has 2 rings (SSSR count). The Bertz CT molecular complexity index is 469. The Balaban J connectivity index is 1.84. The van der Waals surface area contributed by atoms with Crippen molar-refractivity contribution in [2.75, 3.05) is 0 Å². The fraction of sp³-hybridized carbons (Fsp3) is 0.125. The van der Waals surface area contributed by atoms with Crippen molar-refractivity contribution >= 4 is 6.08 Å². The first kappa shape index (κ1) is 11.5. The molecule has 0 radical (unpaired) electrons. The summed E-state index contributed by atoms with van der Waals surface area (Å²) in [5.41, 5.74) is 3.61. The number of hydrogen-bond acceptors (Lipinski definition) is 1. The zero-order valence-corrected chi connectivity index (χ0v) is 9.97. The van der Waals surface area contributed by atoms with Gasteiger partial charge < -0.3 is 4.74 Å². The average molecular weight is 224 g/mol. The molecule has 2 aromatic carbocycles. The van der Waals surface area contributed by atoms with Gasteiger partial charge in [0.1, 0.15) is 6.61 Å². The fourth-order valence-corrected chi connectivity index (χ4v) is 1.52. The first-order chi connectivity index (χ1) is 8.34. The Morgan fingerprint density at radius 3 is 2.35 bits per heavy atom. The zero-order chi connectivity index (χ0) is 11.9. The van der Waals surface area contributed by atoms with Gasteiger partial charge in [-0.15, -0.1) is 0 Å². The monoisotopic (exact) mass is 224 g/mol. The third kappa shape index (κ3) is 3.80. The molecule has 0 bridgehead atoms. The molecule has 1 nitrogen and oxygen atoms in total. The smallest absolute Gasteiger partial charge is 0.112 e. The summed E-state index contributed by atoms with van der Waals surface area (Å²) in [6.07, 6.45) is 3.71. The van der Waals surface area contributed by atoms with Crippen molar-refractivity contribution < 1.29 is 4.74 Å². The molecule has 0 atom stereocenters. The molecule has 0 aliphatic rings. The summed E-state index contributed by atoms with van der Waals surface area (Å²) in [6.45, 7) is 2.70. The maximum Gasteiger partial charge on any atom is 0.112 e. The van der Waals surface area contributed by atoms with Crippen LogP contribution in [-0.2, 0) is 11.3 Å². The van der Waals surface area contributed by atoms with Crippen LogP contribution in [0.3, 0.4) is 0 Å². The van der Waals surface area contributed by atoms with Crippen LogP contribution in [0.4, 0.5) is 0 Å². The van der Waals surface area contributed by atoms with Crippen molar-refractivity contribution in [1.29, 1.82) is 0 Å². The molecule has 0 heterocycles. The summed E-state index contributed by atoms with van der Waals surface area (Å²) < 4.78 is 5.48. The Labute approximate surface area is 102 Å². The Morgan fingerprint density at radius 2 is 1.65 bits per heavy atom. The van der Waals surface area contributed by atoms with Gasteiger partial charge in [0, 0.05) is 0 Å². The summed E-state index contributed by atoms with van der Waals surface area (Å²) in [7, 11) is 0. The van der Waals surface area contributed by atoms with Gasteiger partial charge in [-0.3, -0.25) is 0 Å². The van der Waals surface area contributed by atoms with Gasteiger partial charge in [0.2, 0.25) is 0 Å². The lowest BCUT2D eigenvalue weighted by Gasteiger charge is -2.01. The van der Waals surface area contributed by atoms with E-state index in [1.165, 1.54) is 11.1 Å². The highest BCUT2D eigenvalue weighted by atomic mass is 16.5. The molecule has 86 valence electrons. The number of aryl methyl sites for hydroxylation is 1. The largest absolute Gasteiger partial charge is 0.496 e. The molecule has 0 saturated heterocycles. The molecule has 1 heteroatoms. The van der Waals surface area contributed by atoms with Crippen LogP contribution >= 0.6 is 0 Å². The molecular weight excluding hydrogens is 208 g/mol. The number of rotatable bonds is 4. The molecule has 0 fully saturated rings. The number of hydrogen-bond donors (Lipinski definition) is 0. The van der Waals surface area contributed by atoms with E-state index in [4.69, 9.17) is 4.74 Å². The van der Waals surface area contributed by atoms with E-state index in [0.29, 0.717) is 6.61 Å². The average Bonchev–Trinajstić information content (AvgIpc) is 2.38. The molecule has 0 aliphatic heterocycles. The second-order valence-corrected chi connectivity index (χ2v) is 4.01. The standard InChI is InChI=1S/C16H16O/c1-14-7-9-16(10-8-14)13-17-12-11-15-5-3-2-4-6-15/h2-12H,13H2,1H3. The van der Waals surface area contributed by atoms with Crippen LogP contribution in [0.5, 0.6) is 0 Å². The van der Waals surface area contributed by atoms with Crippen LogP contribution in [-0.4, -0.2) is 0 Å². The highest BCUT2D eigenvalue weighted by Crippen LogP contribution is 2.06. The van der Waals surface area contributed by atoms with E-state index in [9.17, 15) is 0 Å². The molecule has 0 spiro atoms. The quantitative estimate of drug-likeness (QED) is 0.708. The molecule has 0 aliphatic carbocycles. The molecule has 0 unspecified atom stereocenters. The van der Waals surface area contributed by atoms with Gasteiger partial charge in [0.05, 0.1) is 6.26 Å². The van der Waals surface area contributed by atoms with E-state index in [2.05, 4.69) is 31.2 Å².